The van der Waals surface area contributed by atoms with Crippen LogP contribution < -0.4 is 4.74 Å². The molecule has 0 radical (unpaired) electrons. The molecule has 2 aliphatic rings. The molecule has 2 fully saturated rings. The fraction of sp³-hybridized carbons (Fsp3) is 0.625. The highest BCUT2D eigenvalue weighted by Crippen LogP contribution is 2.39. The van der Waals surface area contributed by atoms with Gasteiger partial charge in [-0.3, -0.25) is 0 Å². The molecular weight excluding hydrogens is 286 g/mol. The average Bonchev–Trinajstić information content (AvgIpc) is 2.99. The molecule has 1 aliphatic heterocycles. The molecule has 1 heterocycles. The van der Waals surface area contributed by atoms with Crippen molar-refractivity contribution in [2.75, 3.05) is 13.1 Å². The summed E-state index contributed by atoms with van der Waals surface area (Å²) in [4.78, 5) is 0.374. The van der Waals surface area contributed by atoms with Crippen LogP contribution in [-0.2, 0) is 10.0 Å². The van der Waals surface area contributed by atoms with Gasteiger partial charge in [0.05, 0.1) is 11.0 Å². The van der Waals surface area contributed by atoms with Crippen molar-refractivity contribution in [3.8, 4) is 5.75 Å². The molecule has 21 heavy (non-hydrogen) atoms. The maximum absolute atomic E-state index is 12.7. The molecule has 116 valence electrons. The molecule has 0 aromatic heterocycles. The summed E-state index contributed by atoms with van der Waals surface area (Å²) in [6.07, 6.45) is 3.70. The van der Waals surface area contributed by atoms with E-state index >= 15 is 0 Å². The van der Waals surface area contributed by atoms with Crippen LogP contribution >= 0.6 is 0 Å². The quantitative estimate of drug-likeness (QED) is 0.859. The number of hydrogen-bond donors (Lipinski definition) is 0. The normalized spacial score (nSPS) is 26.2. The van der Waals surface area contributed by atoms with Gasteiger partial charge in [0, 0.05) is 13.1 Å². The third-order valence-electron chi connectivity index (χ3n) is 4.53. The number of sulfonamides is 1. The zero-order chi connectivity index (χ0) is 15.0. The van der Waals surface area contributed by atoms with Crippen molar-refractivity contribution in [2.24, 2.45) is 11.8 Å². The minimum atomic E-state index is -3.35. The highest BCUT2D eigenvalue weighted by Gasteiger charge is 2.41. The van der Waals surface area contributed by atoms with Gasteiger partial charge in [0.25, 0.3) is 0 Å². The largest absolute Gasteiger partial charge is 0.491 e. The van der Waals surface area contributed by atoms with Crippen LogP contribution in [0.4, 0.5) is 0 Å². The Balaban J connectivity index is 1.76. The first kappa shape index (κ1) is 14.9. The van der Waals surface area contributed by atoms with Crippen LogP contribution in [0.15, 0.2) is 29.2 Å². The summed E-state index contributed by atoms with van der Waals surface area (Å²) in [5, 5.41) is 0. The van der Waals surface area contributed by atoms with Gasteiger partial charge in [0.2, 0.25) is 10.0 Å². The van der Waals surface area contributed by atoms with Gasteiger partial charge in [-0.05, 0) is 62.8 Å². The minimum Gasteiger partial charge on any atom is -0.491 e. The maximum Gasteiger partial charge on any atom is 0.243 e. The monoisotopic (exact) mass is 309 g/mol. The molecule has 3 rings (SSSR count). The zero-order valence-electron chi connectivity index (χ0n) is 12.7. The van der Waals surface area contributed by atoms with E-state index in [4.69, 9.17) is 4.74 Å². The predicted molar refractivity (Wildman–Crippen MR) is 81.8 cm³/mol. The average molecular weight is 309 g/mol. The molecule has 2 atom stereocenters. The van der Waals surface area contributed by atoms with Crippen molar-refractivity contribution in [3.05, 3.63) is 24.3 Å². The van der Waals surface area contributed by atoms with Crippen LogP contribution in [-0.4, -0.2) is 31.9 Å². The summed E-state index contributed by atoms with van der Waals surface area (Å²) in [5.74, 6) is 1.86. The van der Waals surface area contributed by atoms with Crippen LogP contribution in [0.3, 0.4) is 0 Å². The van der Waals surface area contributed by atoms with Crippen LogP contribution in [0.1, 0.15) is 33.1 Å². The molecule has 0 amide bonds. The van der Waals surface area contributed by atoms with Crippen LogP contribution in [0.5, 0.6) is 5.75 Å². The van der Waals surface area contributed by atoms with E-state index in [0.29, 0.717) is 35.6 Å². The molecule has 1 aromatic rings. The van der Waals surface area contributed by atoms with Crippen molar-refractivity contribution in [1.29, 1.82) is 0 Å². The van der Waals surface area contributed by atoms with E-state index in [1.165, 1.54) is 19.3 Å². The Labute approximate surface area is 127 Å². The number of rotatable bonds is 4. The smallest absolute Gasteiger partial charge is 0.243 e. The number of hydrogen-bond acceptors (Lipinski definition) is 3. The second kappa shape index (κ2) is 5.61. The van der Waals surface area contributed by atoms with Crippen molar-refractivity contribution < 1.29 is 13.2 Å². The van der Waals surface area contributed by atoms with Crippen LogP contribution in [0.25, 0.3) is 0 Å². The Morgan fingerprint density at radius 3 is 2.19 bits per heavy atom. The second-order valence-corrected chi connectivity index (χ2v) is 8.35. The van der Waals surface area contributed by atoms with E-state index in [1.807, 2.05) is 13.8 Å². The molecule has 0 N–H and O–H groups in total. The summed E-state index contributed by atoms with van der Waals surface area (Å²) < 4.78 is 32.6. The summed E-state index contributed by atoms with van der Waals surface area (Å²) >= 11 is 0. The topological polar surface area (TPSA) is 46.6 Å². The zero-order valence-corrected chi connectivity index (χ0v) is 13.5. The lowest BCUT2D eigenvalue weighted by Crippen LogP contribution is -2.29. The molecule has 2 unspecified atom stereocenters. The number of benzene rings is 1. The molecule has 1 aliphatic carbocycles. The summed E-state index contributed by atoms with van der Waals surface area (Å²) in [6.45, 7) is 5.29. The van der Waals surface area contributed by atoms with E-state index in [0.717, 1.165) is 0 Å². The van der Waals surface area contributed by atoms with Gasteiger partial charge < -0.3 is 4.74 Å². The Morgan fingerprint density at radius 1 is 1.10 bits per heavy atom. The summed E-state index contributed by atoms with van der Waals surface area (Å²) in [6, 6.07) is 6.79. The van der Waals surface area contributed by atoms with Crippen LogP contribution in [0.2, 0.25) is 0 Å². The first-order valence-electron chi connectivity index (χ1n) is 7.73. The third-order valence-corrected chi connectivity index (χ3v) is 6.37. The molecule has 0 spiro atoms. The molecule has 1 saturated heterocycles. The number of nitrogens with zero attached hydrogens (tertiary/aromatic N) is 1. The molecular formula is C16H23NO3S. The second-order valence-electron chi connectivity index (χ2n) is 6.41. The van der Waals surface area contributed by atoms with Gasteiger partial charge in [-0.2, -0.15) is 4.31 Å². The Morgan fingerprint density at radius 2 is 1.67 bits per heavy atom. The molecule has 4 nitrogen and oxygen atoms in total. The fourth-order valence-corrected chi connectivity index (χ4v) is 5.05. The van der Waals surface area contributed by atoms with Gasteiger partial charge in [-0.15, -0.1) is 0 Å². The first-order valence-corrected chi connectivity index (χ1v) is 9.17. The lowest BCUT2D eigenvalue weighted by molar-refractivity contribution is 0.242. The molecule has 1 saturated carbocycles. The van der Waals surface area contributed by atoms with Gasteiger partial charge in [0.15, 0.2) is 0 Å². The SMILES string of the molecule is CC(C)Oc1ccc(S(=O)(=O)N2CC3CCCC3C2)cc1. The Bertz CT molecular complexity index is 582. The van der Waals surface area contributed by atoms with E-state index < -0.39 is 10.0 Å². The predicted octanol–water partition coefficient (Wildman–Crippen LogP) is 2.89. The number of ether oxygens (including phenoxy) is 1. The fourth-order valence-electron chi connectivity index (χ4n) is 3.50. The molecule has 5 heteroatoms. The van der Waals surface area contributed by atoms with Crippen molar-refractivity contribution in [2.45, 2.75) is 44.1 Å². The van der Waals surface area contributed by atoms with E-state index in [1.54, 1.807) is 28.6 Å². The standard InChI is InChI=1S/C16H23NO3S/c1-12(2)20-15-6-8-16(9-7-15)21(18,19)17-10-13-4-3-5-14(13)11-17/h6-9,12-14H,3-5,10-11H2,1-2H3. The summed E-state index contributed by atoms with van der Waals surface area (Å²) in [5.41, 5.74) is 0. The lowest BCUT2D eigenvalue weighted by atomic mass is 10.0. The van der Waals surface area contributed by atoms with E-state index in [-0.39, 0.29) is 6.10 Å². The van der Waals surface area contributed by atoms with Crippen LogP contribution in [0, 0.1) is 11.8 Å². The van der Waals surface area contributed by atoms with E-state index in [9.17, 15) is 8.42 Å². The molecule has 1 aromatic carbocycles. The Kier molecular flexibility index (Phi) is 3.97. The van der Waals surface area contributed by atoms with Gasteiger partial charge in [0.1, 0.15) is 5.75 Å². The Hall–Kier alpha value is -1.07. The first-order chi connectivity index (χ1) is 9.96. The minimum absolute atomic E-state index is 0.0883. The van der Waals surface area contributed by atoms with E-state index in [2.05, 4.69) is 0 Å². The third kappa shape index (κ3) is 2.94. The lowest BCUT2D eigenvalue weighted by Gasteiger charge is -2.17. The molecule has 0 bridgehead atoms. The van der Waals surface area contributed by atoms with Gasteiger partial charge in [-0.25, -0.2) is 8.42 Å². The maximum atomic E-state index is 12.7. The number of fused-ring (bicyclic) bond motifs is 1. The highest BCUT2D eigenvalue weighted by molar-refractivity contribution is 7.89. The van der Waals surface area contributed by atoms with Gasteiger partial charge in [-0.1, -0.05) is 6.42 Å². The van der Waals surface area contributed by atoms with Crippen molar-refractivity contribution in [3.63, 3.8) is 0 Å². The van der Waals surface area contributed by atoms with Crippen molar-refractivity contribution >= 4 is 10.0 Å². The van der Waals surface area contributed by atoms with Gasteiger partial charge >= 0.3 is 0 Å². The van der Waals surface area contributed by atoms with Crippen molar-refractivity contribution in [1.82, 2.24) is 4.31 Å². The summed E-state index contributed by atoms with van der Waals surface area (Å²) in [7, 11) is -3.35. The highest BCUT2D eigenvalue weighted by atomic mass is 32.2.